The van der Waals surface area contributed by atoms with Gasteiger partial charge in [0.15, 0.2) is 0 Å². The Hall–Kier alpha value is -6.58. The highest BCUT2D eigenvalue weighted by molar-refractivity contribution is 6.35. The van der Waals surface area contributed by atoms with Crippen LogP contribution in [-0.4, -0.2) is 24.1 Å². The summed E-state index contributed by atoms with van der Waals surface area (Å²) in [6, 6.07) is 34.2. The molecule has 0 saturated carbocycles. The number of pyridine rings is 3. The smallest absolute Gasteiger partial charge is 0.104 e. The number of rotatable bonds is 2. The largest absolute Gasteiger partial charge is 0.308 e. The molecule has 11 rings (SSSR count). The van der Waals surface area contributed by atoms with Crippen LogP contribution in [-0.2, 0) is 0 Å². The van der Waals surface area contributed by atoms with Gasteiger partial charge in [0.25, 0.3) is 0 Å². The van der Waals surface area contributed by atoms with Gasteiger partial charge in [-0.2, -0.15) is 5.26 Å². The molecule has 0 fully saturated rings. The van der Waals surface area contributed by atoms with Crippen LogP contribution in [0.2, 0.25) is 0 Å². The second kappa shape index (κ2) is 8.32. The first kappa shape index (κ1) is 23.8. The van der Waals surface area contributed by atoms with Gasteiger partial charge in [0.05, 0.1) is 51.4 Å². The maximum atomic E-state index is 11.0. The second-order valence-electron chi connectivity index (χ2n) is 12.0. The highest BCUT2D eigenvalue weighted by Crippen LogP contribution is 2.46. The summed E-state index contributed by atoms with van der Waals surface area (Å²) in [7, 11) is 0. The van der Waals surface area contributed by atoms with Crippen LogP contribution in [0.15, 0.2) is 122 Å². The second-order valence-corrected chi connectivity index (χ2v) is 12.0. The van der Waals surface area contributed by atoms with E-state index >= 15 is 0 Å². The zero-order chi connectivity index (χ0) is 30.1. The van der Waals surface area contributed by atoms with Crippen LogP contribution >= 0.6 is 0 Å². The van der Waals surface area contributed by atoms with Crippen molar-refractivity contribution in [2.24, 2.45) is 0 Å². The van der Waals surface area contributed by atoms with Crippen LogP contribution in [0.25, 0.3) is 98.2 Å². The number of benzene rings is 6. The molecule has 0 N–H and O–H groups in total. The van der Waals surface area contributed by atoms with Gasteiger partial charge >= 0.3 is 0 Å². The summed E-state index contributed by atoms with van der Waals surface area (Å²) in [5, 5.41) is 23.5. The Balaban J connectivity index is 1.30. The van der Waals surface area contributed by atoms with E-state index in [1.807, 2.05) is 49.2 Å². The van der Waals surface area contributed by atoms with E-state index in [1.165, 1.54) is 5.39 Å². The van der Waals surface area contributed by atoms with Crippen molar-refractivity contribution in [2.75, 3.05) is 0 Å². The van der Waals surface area contributed by atoms with Crippen molar-refractivity contribution in [3.63, 3.8) is 0 Å². The van der Waals surface area contributed by atoms with Crippen LogP contribution in [0.5, 0.6) is 0 Å². The predicted octanol–water partition coefficient (Wildman–Crippen LogP) is 9.43. The first-order valence-electron chi connectivity index (χ1n) is 15.2. The van der Waals surface area contributed by atoms with E-state index in [0.717, 1.165) is 92.8 Å². The van der Waals surface area contributed by atoms with Gasteiger partial charge < -0.3 is 9.13 Å². The summed E-state index contributed by atoms with van der Waals surface area (Å²) >= 11 is 0. The van der Waals surface area contributed by atoms with Crippen LogP contribution in [0.1, 0.15) is 5.56 Å². The summed E-state index contributed by atoms with van der Waals surface area (Å²) in [5.74, 6) is 0. The van der Waals surface area contributed by atoms with Gasteiger partial charge in [0.1, 0.15) is 11.6 Å². The Morgan fingerprint density at radius 3 is 1.63 bits per heavy atom. The summed E-state index contributed by atoms with van der Waals surface area (Å²) in [6.07, 6.45) is 9.60. The molecule has 0 amide bonds. The van der Waals surface area contributed by atoms with Gasteiger partial charge in [-0.25, -0.2) is 0 Å². The minimum absolute atomic E-state index is 0.582. The third-order valence-electron chi connectivity index (χ3n) is 9.87. The molecule has 0 spiro atoms. The van der Waals surface area contributed by atoms with Gasteiger partial charge in [0.2, 0.25) is 0 Å². The molecule has 46 heavy (non-hydrogen) atoms. The van der Waals surface area contributed by atoms with Crippen molar-refractivity contribution in [2.45, 2.75) is 0 Å². The van der Waals surface area contributed by atoms with Crippen molar-refractivity contribution in [3.8, 4) is 17.4 Å². The summed E-state index contributed by atoms with van der Waals surface area (Å²) in [4.78, 5) is 14.2. The highest BCUT2D eigenvalue weighted by Gasteiger charge is 2.25. The maximum absolute atomic E-state index is 11.0. The van der Waals surface area contributed by atoms with Gasteiger partial charge in [-0.3, -0.25) is 15.0 Å². The lowest BCUT2D eigenvalue weighted by Gasteiger charge is -2.15. The Bertz CT molecular complexity index is 2730. The minimum atomic E-state index is 0.582. The molecule has 0 bridgehead atoms. The zero-order valence-electron chi connectivity index (χ0n) is 24.2. The number of hydrogen-bond acceptors (Lipinski definition) is 4. The van der Waals surface area contributed by atoms with Gasteiger partial charge in [-0.15, -0.1) is 0 Å². The zero-order valence-corrected chi connectivity index (χ0v) is 24.2. The molecule has 0 aliphatic heterocycles. The van der Waals surface area contributed by atoms with Gasteiger partial charge in [0, 0.05) is 61.7 Å². The Morgan fingerprint density at radius 2 is 0.978 bits per heavy atom. The van der Waals surface area contributed by atoms with Gasteiger partial charge in [-0.05, 0) is 46.5 Å². The van der Waals surface area contributed by atoms with Crippen molar-refractivity contribution >= 4 is 86.8 Å². The molecule has 0 atom stereocenters. The molecule has 6 heteroatoms. The molecule has 11 aromatic rings. The van der Waals surface area contributed by atoms with Crippen LogP contribution in [0, 0.1) is 11.3 Å². The lowest BCUT2D eigenvalue weighted by molar-refractivity contribution is 1.11. The molecule has 5 aromatic heterocycles. The first-order valence-corrected chi connectivity index (χ1v) is 15.2. The van der Waals surface area contributed by atoms with E-state index in [-0.39, 0.29) is 0 Å². The number of nitrogens with zero attached hydrogens (tertiary/aromatic N) is 6. The number of aromatic nitrogens is 5. The number of hydrogen-bond donors (Lipinski definition) is 0. The lowest BCUT2D eigenvalue weighted by atomic mass is 9.97. The third kappa shape index (κ3) is 2.71. The Morgan fingerprint density at radius 1 is 0.457 bits per heavy atom. The highest BCUT2D eigenvalue weighted by atomic mass is 15.0. The van der Waals surface area contributed by atoms with E-state index in [0.29, 0.717) is 5.56 Å². The fourth-order valence-electron chi connectivity index (χ4n) is 8.16. The molecule has 0 radical (unpaired) electrons. The maximum Gasteiger partial charge on any atom is 0.104 e. The number of fused-ring (bicyclic) bond motifs is 6. The average molecular weight is 585 g/mol. The molecule has 210 valence electrons. The Labute approximate surface area is 260 Å². The molecule has 0 aliphatic carbocycles. The number of nitriles is 1. The SMILES string of the molecule is N#Cc1c(-n2c3cncc4c5ccccc5c5cncc2c5c43)cccc1-n1c2cccc3c4cccnc4c4cccc1c4c32. The predicted molar refractivity (Wildman–Crippen MR) is 186 cm³/mol. The summed E-state index contributed by atoms with van der Waals surface area (Å²) < 4.78 is 4.43. The molecular formula is C40H20N6. The molecule has 0 aliphatic rings. The van der Waals surface area contributed by atoms with E-state index in [2.05, 4.69) is 88.0 Å². The molecule has 5 heterocycles. The van der Waals surface area contributed by atoms with E-state index in [9.17, 15) is 5.26 Å². The molecule has 0 saturated heterocycles. The Kier molecular flexibility index (Phi) is 4.31. The monoisotopic (exact) mass is 584 g/mol. The van der Waals surface area contributed by atoms with Gasteiger partial charge in [-0.1, -0.05) is 60.7 Å². The van der Waals surface area contributed by atoms with E-state index < -0.39 is 0 Å². The molecule has 0 unspecified atom stereocenters. The normalized spacial score (nSPS) is 12.3. The fraction of sp³-hybridized carbons (Fsp3) is 0. The van der Waals surface area contributed by atoms with E-state index in [4.69, 9.17) is 15.0 Å². The quantitative estimate of drug-likeness (QED) is 0.190. The topological polar surface area (TPSA) is 72.3 Å². The molecule has 6 nitrogen and oxygen atoms in total. The van der Waals surface area contributed by atoms with Crippen molar-refractivity contribution < 1.29 is 0 Å². The lowest BCUT2D eigenvalue weighted by Crippen LogP contribution is -2.04. The van der Waals surface area contributed by atoms with Crippen molar-refractivity contribution in [1.29, 1.82) is 5.26 Å². The van der Waals surface area contributed by atoms with E-state index in [1.54, 1.807) is 0 Å². The minimum Gasteiger partial charge on any atom is -0.308 e. The molecular weight excluding hydrogens is 564 g/mol. The molecule has 6 aromatic carbocycles. The van der Waals surface area contributed by atoms with Crippen molar-refractivity contribution in [3.05, 3.63) is 128 Å². The fourth-order valence-corrected chi connectivity index (χ4v) is 8.16. The summed E-state index contributed by atoms with van der Waals surface area (Å²) in [5.41, 5.74) is 7.22. The standard InChI is InChI=1S/C40H20N6/c41-17-27-30(45-32-14-3-9-24-25-11-6-16-44-40(25)26-10-4-15-33(45)37(26)36(24)32)12-5-13-31(27)46-34-20-42-18-28-22-7-1-2-8-23(22)29-19-43-21-35(46)39(29)38(28)34/h1-16,18-21H. The first-order chi connectivity index (χ1) is 22.8. The van der Waals surface area contributed by atoms with Crippen LogP contribution < -0.4 is 0 Å². The van der Waals surface area contributed by atoms with Crippen LogP contribution in [0.4, 0.5) is 0 Å². The third-order valence-corrected chi connectivity index (χ3v) is 9.87. The van der Waals surface area contributed by atoms with Crippen molar-refractivity contribution in [1.82, 2.24) is 24.1 Å². The van der Waals surface area contributed by atoms with Crippen LogP contribution in [0.3, 0.4) is 0 Å². The average Bonchev–Trinajstić information content (AvgIpc) is 3.64. The summed E-state index contributed by atoms with van der Waals surface area (Å²) in [6.45, 7) is 0.